The fourth-order valence-corrected chi connectivity index (χ4v) is 4.27. The molecule has 1 nitrogen and oxygen atoms in total. The molecule has 0 amide bonds. The molecular formula is C24H28F2O. The third-order valence-corrected chi connectivity index (χ3v) is 5.77. The summed E-state index contributed by atoms with van der Waals surface area (Å²) >= 11 is 0. The Labute approximate surface area is 161 Å². The van der Waals surface area contributed by atoms with Gasteiger partial charge in [-0.3, -0.25) is 0 Å². The summed E-state index contributed by atoms with van der Waals surface area (Å²) in [6.07, 6.45) is 8.98. The van der Waals surface area contributed by atoms with Crippen LogP contribution in [0, 0.1) is 17.6 Å². The van der Waals surface area contributed by atoms with Crippen LogP contribution in [-0.4, -0.2) is 7.11 Å². The third-order valence-electron chi connectivity index (χ3n) is 5.77. The maximum atomic E-state index is 14.4. The first-order valence-corrected chi connectivity index (χ1v) is 9.81. The Morgan fingerprint density at radius 2 is 1.74 bits per heavy atom. The van der Waals surface area contributed by atoms with Crippen molar-refractivity contribution in [2.45, 2.75) is 51.0 Å². The number of benzene rings is 2. The molecule has 0 unspecified atom stereocenters. The van der Waals surface area contributed by atoms with Crippen molar-refractivity contribution in [3.8, 4) is 11.1 Å². The minimum Gasteiger partial charge on any atom is -0.380 e. The molecule has 0 atom stereocenters. The monoisotopic (exact) mass is 370 g/mol. The fraction of sp³-hybridized carbons (Fsp3) is 0.417. The molecule has 0 N–H and O–H groups in total. The smallest absolute Gasteiger partial charge is 0.132 e. The molecule has 1 aliphatic carbocycles. The molecule has 3 rings (SSSR count). The van der Waals surface area contributed by atoms with Crippen LogP contribution in [0.3, 0.4) is 0 Å². The Morgan fingerprint density at radius 3 is 2.37 bits per heavy atom. The Balaban J connectivity index is 1.84. The average Bonchev–Trinajstić information content (AvgIpc) is 2.69. The highest BCUT2D eigenvalue weighted by molar-refractivity contribution is 5.68. The van der Waals surface area contributed by atoms with Crippen LogP contribution in [0.5, 0.6) is 0 Å². The second-order valence-corrected chi connectivity index (χ2v) is 7.52. The van der Waals surface area contributed by atoms with Gasteiger partial charge in [-0.25, -0.2) is 8.78 Å². The lowest BCUT2D eigenvalue weighted by Gasteiger charge is -2.30. The zero-order valence-electron chi connectivity index (χ0n) is 16.0. The molecule has 144 valence electrons. The molecule has 1 fully saturated rings. The number of ether oxygens (including phenoxy) is 1. The van der Waals surface area contributed by atoms with Crippen LogP contribution in [0.2, 0.25) is 0 Å². The van der Waals surface area contributed by atoms with Gasteiger partial charge in [0.15, 0.2) is 0 Å². The first-order valence-electron chi connectivity index (χ1n) is 9.81. The van der Waals surface area contributed by atoms with E-state index in [0.717, 1.165) is 30.7 Å². The molecule has 0 radical (unpaired) electrons. The normalized spacial score (nSPS) is 19.8. The van der Waals surface area contributed by atoms with E-state index < -0.39 is 11.6 Å². The average molecular weight is 370 g/mol. The lowest BCUT2D eigenvalue weighted by Crippen LogP contribution is -2.14. The third kappa shape index (κ3) is 4.65. The summed E-state index contributed by atoms with van der Waals surface area (Å²) in [6.45, 7) is 3.75. The summed E-state index contributed by atoms with van der Waals surface area (Å²) in [7, 11) is 1.44. The second kappa shape index (κ2) is 9.27. The Kier molecular flexibility index (Phi) is 6.78. The van der Waals surface area contributed by atoms with Crippen molar-refractivity contribution in [2.75, 3.05) is 7.11 Å². The van der Waals surface area contributed by atoms with Crippen molar-refractivity contribution in [2.24, 2.45) is 5.92 Å². The molecule has 2 aromatic carbocycles. The van der Waals surface area contributed by atoms with E-state index in [9.17, 15) is 8.78 Å². The van der Waals surface area contributed by atoms with Crippen molar-refractivity contribution in [3.05, 3.63) is 71.8 Å². The largest absolute Gasteiger partial charge is 0.380 e. The van der Waals surface area contributed by atoms with Crippen LogP contribution in [0.15, 0.2) is 49.1 Å². The summed E-state index contributed by atoms with van der Waals surface area (Å²) in [5, 5.41) is 0. The number of halogens is 2. The van der Waals surface area contributed by atoms with E-state index in [0.29, 0.717) is 11.5 Å². The van der Waals surface area contributed by atoms with E-state index in [1.807, 2.05) is 24.3 Å². The highest BCUT2D eigenvalue weighted by Crippen LogP contribution is 2.41. The van der Waals surface area contributed by atoms with Gasteiger partial charge in [0.25, 0.3) is 0 Å². The van der Waals surface area contributed by atoms with Gasteiger partial charge < -0.3 is 4.74 Å². The molecule has 1 saturated carbocycles. The second-order valence-electron chi connectivity index (χ2n) is 7.52. The molecule has 0 aliphatic heterocycles. The first-order chi connectivity index (χ1) is 13.1. The zero-order valence-corrected chi connectivity index (χ0v) is 16.0. The van der Waals surface area contributed by atoms with Gasteiger partial charge in [-0.05, 0) is 79.2 Å². The number of rotatable bonds is 7. The van der Waals surface area contributed by atoms with Crippen molar-refractivity contribution in [1.29, 1.82) is 0 Å². The van der Waals surface area contributed by atoms with Gasteiger partial charge in [0.05, 0.1) is 6.61 Å². The highest BCUT2D eigenvalue weighted by Gasteiger charge is 2.24. The summed E-state index contributed by atoms with van der Waals surface area (Å²) in [5.41, 5.74) is 2.74. The summed E-state index contributed by atoms with van der Waals surface area (Å²) in [5.74, 6) is 0.130. The maximum Gasteiger partial charge on any atom is 0.132 e. The number of allylic oxidation sites excluding steroid dienone is 1. The van der Waals surface area contributed by atoms with Crippen LogP contribution < -0.4 is 0 Å². The fourth-order valence-electron chi connectivity index (χ4n) is 4.27. The minimum atomic E-state index is -0.546. The molecule has 1 aliphatic rings. The topological polar surface area (TPSA) is 9.23 Å². The summed E-state index contributed by atoms with van der Waals surface area (Å²) in [4.78, 5) is 0. The molecule has 27 heavy (non-hydrogen) atoms. The quantitative estimate of drug-likeness (QED) is 0.476. The van der Waals surface area contributed by atoms with Gasteiger partial charge in [-0.15, -0.1) is 6.58 Å². The van der Waals surface area contributed by atoms with Crippen molar-refractivity contribution >= 4 is 0 Å². The molecule has 0 saturated heterocycles. The highest BCUT2D eigenvalue weighted by atomic mass is 19.1. The van der Waals surface area contributed by atoms with Gasteiger partial charge in [-0.1, -0.05) is 30.3 Å². The van der Waals surface area contributed by atoms with Crippen LogP contribution in [0.1, 0.15) is 55.6 Å². The summed E-state index contributed by atoms with van der Waals surface area (Å²) in [6, 6.07) is 10.9. The van der Waals surface area contributed by atoms with E-state index in [-0.39, 0.29) is 12.2 Å². The lowest BCUT2D eigenvalue weighted by atomic mass is 9.75. The van der Waals surface area contributed by atoms with E-state index in [1.54, 1.807) is 0 Å². The van der Waals surface area contributed by atoms with Gasteiger partial charge in [0, 0.05) is 12.7 Å². The van der Waals surface area contributed by atoms with Crippen molar-refractivity contribution in [1.82, 2.24) is 0 Å². The van der Waals surface area contributed by atoms with Crippen molar-refractivity contribution < 1.29 is 13.5 Å². The van der Waals surface area contributed by atoms with Crippen LogP contribution in [0.4, 0.5) is 8.78 Å². The predicted molar refractivity (Wildman–Crippen MR) is 107 cm³/mol. The van der Waals surface area contributed by atoms with Crippen LogP contribution in [-0.2, 0) is 11.3 Å². The lowest BCUT2D eigenvalue weighted by molar-refractivity contribution is 0.177. The number of hydrogen-bond acceptors (Lipinski definition) is 1. The van der Waals surface area contributed by atoms with E-state index in [2.05, 4.69) is 12.6 Å². The number of hydrogen-bond donors (Lipinski definition) is 0. The molecule has 0 spiro atoms. The Morgan fingerprint density at radius 1 is 1.07 bits per heavy atom. The molecule has 0 bridgehead atoms. The maximum absolute atomic E-state index is 14.4. The van der Waals surface area contributed by atoms with Crippen LogP contribution in [0.25, 0.3) is 11.1 Å². The van der Waals surface area contributed by atoms with Gasteiger partial charge >= 0.3 is 0 Å². The molecular weight excluding hydrogens is 342 g/mol. The zero-order chi connectivity index (χ0) is 19.2. The number of methoxy groups -OCH3 is 1. The van der Waals surface area contributed by atoms with E-state index in [1.165, 1.54) is 44.1 Å². The standard InChI is InChI=1S/C24H28F2O/c1-3-4-7-17-10-12-18(13-11-17)20-8-5-6-9-21(20)19-14-23(25)22(16-27-2)24(26)15-19/h3,5-6,8-9,14-15,17-18H,1,4,7,10-13,16H2,2H3/t17-,18-. The van der Waals surface area contributed by atoms with Gasteiger partial charge in [0.1, 0.15) is 11.6 Å². The van der Waals surface area contributed by atoms with Gasteiger partial charge in [0.2, 0.25) is 0 Å². The van der Waals surface area contributed by atoms with Crippen molar-refractivity contribution in [3.63, 3.8) is 0 Å². The first kappa shape index (κ1) is 19.8. The van der Waals surface area contributed by atoms with Crippen LogP contribution >= 0.6 is 0 Å². The molecule has 0 aromatic heterocycles. The minimum absolute atomic E-state index is 0.0125. The Hall–Kier alpha value is -2.00. The Bertz CT molecular complexity index is 753. The SMILES string of the molecule is C=CCC[C@H]1CC[C@H](c2ccccc2-c2cc(F)c(COC)c(F)c2)CC1. The van der Waals surface area contributed by atoms with E-state index in [4.69, 9.17) is 4.74 Å². The molecule has 3 heteroatoms. The predicted octanol–water partition coefficient (Wildman–Crippen LogP) is 7.02. The van der Waals surface area contributed by atoms with E-state index >= 15 is 0 Å². The van der Waals surface area contributed by atoms with Gasteiger partial charge in [-0.2, -0.15) is 0 Å². The summed E-state index contributed by atoms with van der Waals surface area (Å²) < 4.78 is 33.7. The molecule has 2 aromatic rings. The molecule has 0 heterocycles.